The zero-order valence-corrected chi connectivity index (χ0v) is 20.2. The molecule has 0 spiro atoms. The first-order chi connectivity index (χ1) is 15.5. The second-order valence-electron chi connectivity index (χ2n) is 7.92. The zero-order valence-electron chi connectivity index (χ0n) is 18.6. The van der Waals surface area contributed by atoms with Crippen molar-refractivity contribution in [2.24, 2.45) is 0 Å². The SMILES string of the molecule is CSc1ccc2nc(N(CCN(C)C)C(=O)Cc3ccc(-c4ccccc4)cc3)sc2c1. The second kappa shape index (κ2) is 10.3. The van der Waals surface area contributed by atoms with E-state index < -0.39 is 0 Å². The largest absolute Gasteiger partial charge is 0.308 e. The van der Waals surface area contributed by atoms with E-state index in [0.717, 1.165) is 33.0 Å². The van der Waals surface area contributed by atoms with Crippen LogP contribution in [0.5, 0.6) is 0 Å². The van der Waals surface area contributed by atoms with Crippen LogP contribution in [0.15, 0.2) is 77.7 Å². The molecule has 6 heteroatoms. The van der Waals surface area contributed by atoms with Gasteiger partial charge in [-0.05, 0) is 55.2 Å². The number of anilines is 1. The highest BCUT2D eigenvalue weighted by atomic mass is 32.2. The smallest absolute Gasteiger partial charge is 0.233 e. The van der Waals surface area contributed by atoms with Crippen molar-refractivity contribution < 1.29 is 4.79 Å². The molecule has 4 aromatic rings. The lowest BCUT2D eigenvalue weighted by atomic mass is 10.0. The lowest BCUT2D eigenvalue weighted by molar-refractivity contribution is -0.118. The Bertz CT molecular complexity index is 1190. The van der Waals surface area contributed by atoms with Crippen LogP contribution in [-0.4, -0.2) is 49.2 Å². The van der Waals surface area contributed by atoms with Gasteiger partial charge in [0.1, 0.15) is 0 Å². The van der Waals surface area contributed by atoms with Crippen molar-refractivity contribution in [3.63, 3.8) is 0 Å². The minimum Gasteiger partial charge on any atom is -0.308 e. The van der Waals surface area contributed by atoms with Crippen molar-refractivity contribution in [1.82, 2.24) is 9.88 Å². The molecule has 0 N–H and O–H groups in total. The Hall–Kier alpha value is -2.67. The summed E-state index contributed by atoms with van der Waals surface area (Å²) in [5, 5.41) is 0.769. The maximum atomic E-state index is 13.4. The maximum Gasteiger partial charge on any atom is 0.233 e. The van der Waals surface area contributed by atoms with Gasteiger partial charge in [0, 0.05) is 18.0 Å². The van der Waals surface area contributed by atoms with Crippen LogP contribution in [-0.2, 0) is 11.2 Å². The third kappa shape index (κ3) is 5.38. The quantitative estimate of drug-likeness (QED) is 0.310. The van der Waals surface area contributed by atoms with Crippen LogP contribution in [0.3, 0.4) is 0 Å². The molecule has 1 amide bonds. The van der Waals surface area contributed by atoms with Crippen LogP contribution in [0.4, 0.5) is 5.13 Å². The van der Waals surface area contributed by atoms with Gasteiger partial charge in [0.25, 0.3) is 0 Å². The number of carbonyl (C=O) groups is 1. The monoisotopic (exact) mass is 461 g/mol. The van der Waals surface area contributed by atoms with E-state index in [-0.39, 0.29) is 5.91 Å². The van der Waals surface area contributed by atoms with Crippen molar-refractivity contribution in [3.8, 4) is 11.1 Å². The summed E-state index contributed by atoms with van der Waals surface area (Å²) in [5.74, 6) is 0.0726. The summed E-state index contributed by atoms with van der Waals surface area (Å²) in [6.45, 7) is 1.40. The molecule has 4 rings (SSSR count). The number of thiazole rings is 1. The predicted molar refractivity (Wildman–Crippen MR) is 138 cm³/mol. The van der Waals surface area contributed by atoms with E-state index in [1.54, 1.807) is 23.1 Å². The summed E-state index contributed by atoms with van der Waals surface area (Å²) in [6.07, 6.45) is 2.42. The van der Waals surface area contributed by atoms with Crippen LogP contribution in [0, 0.1) is 0 Å². The molecule has 164 valence electrons. The first-order valence-electron chi connectivity index (χ1n) is 10.6. The van der Waals surface area contributed by atoms with Crippen LogP contribution in [0.1, 0.15) is 5.56 Å². The van der Waals surface area contributed by atoms with E-state index in [1.165, 1.54) is 10.5 Å². The Kier molecular flexibility index (Phi) is 7.25. The van der Waals surface area contributed by atoms with Gasteiger partial charge in [0.05, 0.1) is 16.6 Å². The standard InChI is InChI=1S/C26H27N3OS2/c1-28(2)15-16-29(26-27-23-14-13-22(31-3)18-24(23)32-26)25(30)17-19-9-11-21(12-10-19)20-7-5-4-6-8-20/h4-14,18H,15-17H2,1-3H3. The number of likely N-dealkylation sites (N-methyl/N-ethyl adjacent to an activating group) is 1. The van der Waals surface area contributed by atoms with E-state index in [1.807, 2.05) is 55.4 Å². The van der Waals surface area contributed by atoms with Gasteiger partial charge in [-0.2, -0.15) is 0 Å². The Morgan fingerprint density at radius 1 is 0.938 bits per heavy atom. The molecule has 1 heterocycles. The average molecular weight is 462 g/mol. The van der Waals surface area contributed by atoms with Crippen molar-refractivity contribution in [3.05, 3.63) is 78.4 Å². The van der Waals surface area contributed by atoms with Gasteiger partial charge in [-0.3, -0.25) is 9.69 Å². The lowest BCUT2D eigenvalue weighted by Gasteiger charge is -2.22. The Labute approximate surface area is 197 Å². The van der Waals surface area contributed by atoms with Crippen LogP contribution < -0.4 is 4.90 Å². The Morgan fingerprint density at radius 3 is 2.34 bits per heavy atom. The Morgan fingerprint density at radius 2 is 1.66 bits per heavy atom. The van der Waals surface area contributed by atoms with E-state index in [4.69, 9.17) is 4.98 Å². The van der Waals surface area contributed by atoms with E-state index >= 15 is 0 Å². The zero-order chi connectivity index (χ0) is 22.5. The minimum absolute atomic E-state index is 0.0726. The topological polar surface area (TPSA) is 36.4 Å². The molecular weight excluding hydrogens is 434 g/mol. The number of fused-ring (bicyclic) bond motifs is 1. The molecule has 4 nitrogen and oxygen atoms in total. The molecule has 0 radical (unpaired) electrons. The third-order valence-electron chi connectivity index (χ3n) is 5.30. The Balaban J connectivity index is 1.55. The molecule has 0 saturated carbocycles. The first-order valence-corrected chi connectivity index (χ1v) is 12.6. The highest BCUT2D eigenvalue weighted by molar-refractivity contribution is 7.98. The molecule has 0 aliphatic heterocycles. The summed E-state index contributed by atoms with van der Waals surface area (Å²) >= 11 is 3.30. The number of aromatic nitrogens is 1. The number of benzene rings is 3. The fourth-order valence-electron chi connectivity index (χ4n) is 3.48. The van der Waals surface area contributed by atoms with Gasteiger partial charge < -0.3 is 4.90 Å². The fraction of sp³-hybridized carbons (Fsp3) is 0.231. The van der Waals surface area contributed by atoms with Crippen molar-refractivity contribution in [2.45, 2.75) is 11.3 Å². The molecule has 0 atom stereocenters. The fourth-order valence-corrected chi connectivity index (χ4v) is 5.04. The highest BCUT2D eigenvalue weighted by Gasteiger charge is 2.20. The van der Waals surface area contributed by atoms with Crippen LogP contribution >= 0.6 is 23.1 Å². The molecule has 0 aliphatic carbocycles. The molecule has 1 aromatic heterocycles. The number of hydrogen-bond donors (Lipinski definition) is 0. The minimum atomic E-state index is 0.0726. The number of hydrogen-bond acceptors (Lipinski definition) is 5. The summed E-state index contributed by atoms with van der Waals surface area (Å²) in [6, 6.07) is 24.8. The van der Waals surface area contributed by atoms with Gasteiger partial charge >= 0.3 is 0 Å². The second-order valence-corrected chi connectivity index (χ2v) is 9.81. The van der Waals surface area contributed by atoms with Crippen molar-refractivity contribution >= 4 is 44.4 Å². The van der Waals surface area contributed by atoms with Gasteiger partial charge in [-0.1, -0.05) is 65.9 Å². The summed E-state index contributed by atoms with van der Waals surface area (Å²) in [5.41, 5.74) is 4.28. The first kappa shape index (κ1) is 22.5. The maximum absolute atomic E-state index is 13.4. The van der Waals surface area contributed by atoms with E-state index in [0.29, 0.717) is 13.0 Å². The van der Waals surface area contributed by atoms with Crippen molar-refractivity contribution in [2.75, 3.05) is 38.3 Å². The number of nitrogens with zero attached hydrogens (tertiary/aromatic N) is 3. The van der Waals surface area contributed by atoms with Gasteiger partial charge in [-0.25, -0.2) is 4.98 Å². The number of rotatable bonds is 8. The molecule has 0 saturated heterocycles. The molecule has 0 fully saturated rings. The van der Waals surface area contributed by atoms with Gasteiger partial charge in [0.15, 0.2) is 5.13 Å². The summed E-state index contributed by atoms with van der Waals surface area (Å²) in [7, 11) is 4.04. The number of thioether (sulfide) groups is 1. The van der Waals surface area contributed by atoms with Crippen LogP contribution in [0.25, 0.3) is 21.3 Å². The number of carbonyl (C=O) groups excluding carboxylic acids is 1. The predicted octanol–water partition coefficient (Wildman–Crippen LogP) is 5.82. The van der Waals surface area contributed by atoms with E-state index in [9.17, 15) is 4.79 Å². The van der Waals surface area contributed by atoms with Gasteiger partial charge in [-0.15, -0.1) is 11.8 Å². The average Bonchev–Trinajstić information content (AvgIpc) is 3.23. The highest BCUT2D eigenvalue weighted by Crippen LogP contribution is 2.32. The van der Waals surface area contributed by atoms with E-state index in [2.05, 4.69) is 47.6 Å². The molecular formula is C26H27N3OS2. The summed E-state index contributed by atoms with van der Waals surface area (Å²) < 4.78 is 1.11. The molecule has 0 bridgehead atoms. The van der Waals surface area contributed by atoms with Gasteiger partial charge in [0.2, 0.25) is 5.91 Å². The number of amides is 1. The normalized spacial score (nSPS) is 11.2. The lowest BCUT2D eigenvalue weighted by Crippen LogP contribution is -2.37. The molecule has 0 unspecified atom stereocenters. The van der Waals surface area contributed by atoms with Crippen LogP contribution in [0.2, 0.25) is 0 Å². The summed E-state index contributed by atoms with van der Waals surface area (Å²) in [4.78, 5) is 23.3. The third-order valence-corrected chi connectivity index (χ3v) is 7.07. The van der Waals surface area contributed by atoms with Crippen molar-refractivity contribution in [1.29, 1.82) is 0 Å². The molecule has 0 aliphatic rings. The molecule has 3 aromatic carbocycles. The molecule has 32 heavy (non-hydrogen) atoms.